The first-order valence-corrected chi connectivity index (χ1v) is 14.2. The number of sulfonamides is 1. The average molecular weight is 572 g/mol. The molecule has 1 fully saturated rings. The summed E-state index contributed by atoms with van der Waals surface area (Å²) in [5, 5.41) is 19.6. The number of aromatic nitrogens is 4. The maximum atomic E-state index is 15.0. The van der Waals surface area contributed by atoms with Crippen LogP contribution in [0.5, 0.6) is 0 Å². The van der Waals surface area contributed by atoms with E-state index in [1.807, 2.05) is 31.3 Å². The molecule has 3 aromatic rings. The van der Waals surface area contributed by atoms with Crippen LogP contribution in [0.2, 0.25) is 5.02 Å². The third-order valence-electron chi connectivity index (χ3n) is 6.29. The maximum absolute atomic E-state index is 15.0. The van der Waals surface area contributed by atoms with Gasteiger partial charge in [0.2, 0.25) is 21.7 Å². The minimum absolute atomic E-state index is 0.123. The molecule has 0 amide bonds. The van der Waals surface area contributed by atoms with Crippen LogP contribution in [0, 0.1) is 17.9 Å². The van der Waals surface area contributed by atoms with E-state index in [0.717, 1.165) is 9.87 Å². The average Bonchev–Trinajstić information content (AvgIpc) is 3.40. The zero-order chi connectivity index (χ0) is 28.0. The second-order valence-corrected chi connectivity index (χ2v) is 11.5. The Bertz CT molecular complexity index is 1520. The summed E-state index contributed by atoms with van der Waals surface area (Å²) in [6.45, 7) is 8.05. The molecule has 0 bridgehead atoms. The van der Waals surface area contributed by atoms with Crippen LogP contribution in [-0.2, 0) is 16.6 Å². The SMILES string of the molecule is [C-]#[N+]c1cnc(N[C@H]2CCN(S(=O)(=O)CCCC#N)C[C@H]2F)nc1-c1cnn(-c2ccc(CNC)cc2Cl)c1. The topological polar surface area (TPSA) is 133 Å². The number of nitrogens with zero attached hydrogens (tertiary/aromatic N) is 7. The van der Waals surface area contributed by atoms with Crippen LogP contribution >= 0.6 is 11.6 Å². The van der Waals surface area contributed by atoms with Crippen LogP contribution in [0.25, 0.3) is 21.8 Å². The number of hydrogen-bond acceptors (Lipinski definition) is 8. The Morgan fingerprint density at radius 1 is 1.36 bits per heavy atom. The Kier molecular flexibility index (Phi) is 9.09. The van der Waals surface area contributed by atoms with Crippen molar-refractivity contribution in [3.05, 3.63) is 58.8 Å². The molecule has 3 heterocycles. The first-order valence-electron chi connectivity index (χ1n) is 12.2. The van der Waals surface area contributed by atoms with Crippen molar-refractivity contribution in [2.75, 3.05) is 31.2 Å². The first kappa shape index (κ1) is 28.4. The molecule has 0 saturated carbocycles. The molecule has 0 aliphatic carbocycles. The molecular formula is C25H27ClFN9O2S. The van der Waals surface area contributed by atoms with E-state index in [1.165, 1.54) is 6.20 Å². The van der Waals surface area contributed by atoms with E-state index in [-0.39, 0.29) is 49.7 Å². The molecule has 39 heavy (non-hydrogen) atoms. The molecule has 1 aliphatic rings. The van der Waals surface area contributed by atoms with Gasteiger partial charge in [0.25, 0.3) is 0 Å². The lowest BCUT2D eigenvalue weighted by Gasteiger charge is -2.34. The third-order valence-corrected chi connectivity index (χ3v) is 8.51. The van der Waals surface area contributed by atoms with Crippen molar-refractivity contribution in [3.8, 4) is 23.0 Å². The second kappa shape index (κ2) is 12.5. The lowest BCUT2D eigenvalue weighted by Crippen LogP contribution is -2.50. The van der Waals surface area contributed by atoms with Crippen LogP contribution in [0.4, 0.5) is 16.0 Å². The monoisotopic (exact) mass is 571 g/mol. The highest BCUT2D eigenvalue weighted by molar-refractivity contribution is 7.89. The smallest absolute Gasteiger partial charge is 0.231 e. The van der Waals surface area contributed by atoms with Gasteiger partial charge in [0.05, 0.1) is 47.0 Å². The standard InChI is InChI=1S/C25H27ClFN9O2S/c1-29-12-17-5-6-23(19(26)11-17)36-15-18(13-32-36)24-22(30-2)14-31-25(34-24)33-21-7-9-35(16-20(21)27)39(37,38)10-4-3-8-28/h5-6,11,13-15,20-21,29H,3-4,7,9-10,12,16H2,1H3,(H,31,33,34)/t20-,21+/m1/s1. The van der Waals surface area contributed by atoms with Crippen molar-refractivity contribution in [2.24, 2.45) is 0 Å². The summed E-state index contributed by atoms with van der Waals surface area (Å²) in [4.78, 5) is 12.1. The Morgan fingerprint density at radius 3 is 2.87 bits per heavy atom. The van der Waals surface area contributed by atoms with Crippen LogP contribution < -0.4 is 10.6 Å². The summed E-state index contributed by atoms with van der Waals surface area (Å²) < 4.78 is 42.7. The van der Waals surface area contributed by atoms with E-state index in [4.69, 9.17) is 23.4 Å². The Balaban J connectivity index is 1.49. The van der Waals surface area contributed by atoms with Gasteiger partial charge in [-0.05, 0) is 37.6 Å². The normalized spacial score (nSPS) is 17.9. The number of nitriles is 1. The number of rotatable bonds is 10. The molecule has 1 saturated heterocycles. The van der Waals surface area contributed by atoms with Crippen molar-refractivity contribution >= 4 is 33.3 Å². The molecule has 2 aromatic heterocycles. The minimum Gasteiger partial charge on any atom is -0.349 e. The largest absolute Gasteiger partial charge is 0.349 e. The molecule has 0 spiro atoms. The van der Waals surface area contributed by atoms with Gasteiger partial charge in [-0.3, -0.25) is 0 Å². The highest BCUT2D eigenvalue weighted by Crippen LogP contribution is 2.31. The Labute approximate surface area is 231 Å². The molecule has 2 N–H and O–H groups in total. The zero-order valence-electron chi connectivity index (χ0n) is 21.2. The van der Waals surface area contributed by atoms with Crippen molar-refractivity contribution in [2.45, 2.75) is 38.0 Å². The van der Waals surface area contributed by atoms with Crippen LogP contribution in [0.1, 0.15) is 24.8 Å². The van der Waals surface area contributed by atoms with Gasteiger partial charge in [-0.2, -0.15) is 14.7 Å². The molecule has 0 unspecified atom stereocenters. The summed E-state index contributed by atoms with van der Waals surface area (Å²) >= 11 is 6.47. The molecule has 14 heteroatoms. The summed E-state index contributed by atoms with van der Waals surface area (Å²) in [5.41, 5.74) is 2.76. The number of hydrogen-bond donors (Lipinski definition) is 2. The molecule has 4 rings (SSSR count). The fourth-order valence-electron chi connectivity index (χ4n) is 4.29. The van der Waals surface area contributed by atoms with E-state index < -0.39 is 22.2 Å². The Morgan fingerprint density at radius 2 is 2.18 bits per heavy atom. The maximum Gasteiger partial charge on any atom is 0.231 e. The van der Waals surface area contributed by atoms with Crippen LogP contribution in [0.3, 0.4) is 0 Å². The molecular weight excluding hydrogens is 545 g/mol. The van der Waals surface area contributed by atoms with E-state index >= 15 is 4.39 Å². The third kappa shape index (κ3) is 6.69. The van der Waals surface area contributed by atoms with Gasteiger partial charge in [0, 0.05) is 44.0 Å². The summed E-state index contributed by atoms with van der Waals surface area (Å²) in [7, 11) is -1.79. The molecule has 2 atom stereocenters. The highest BCUT2D eigenvalue weighted by atomic mass is 35.5. The number of unbranched alkanes of at least 4 members (excludes halogenated alkanes) is 1. The number of nitrogens with one attached hydrogen (secondary N) is 2. The number of piperidine rings is 1. The lowest BCUT2D eigenvalue weighted by molar-refractivity contribution is 0.185. The van der Waals surface area contributed by atoms with E-state index in [1.54, 1.807) is 17.1 Å². The second-order valence-electron chi connectivity index (χ2n) is 9.02. The fourth-order valence-corrected chi connectivity index (χ4v) is 6.10. The van der Waals surface area contributed by atoms with Gasteiger partial charge < -0.3 is 10.6 Å². The molecule has 1 aliphatic heterocycles. The zero-order valence-corrected chi connectivity index (χ0v) is 22.8. The Hall–Kier alpha value is -3.62. The van der Waals surface area contributed by atoms with Crippen molar-refractivity contribution < 1.29 is 12.8 Å². The van der Waals surface area contributed by atoms with Crippen molar-refractivity contribution in [3.63, 3.8) is 0 Å². The summed E-state index contributed by atoms with van der Waals surface area (Å²) in [6.07, 6.45) is 3.68. The molecule has 204 valence electrons. The lowest BCUT2D eigenvalue weighted by atomic mass is 10.1. The number of halogens is 2. The fraction of sp³-hybridized carbons (Fsp3) is 0.400. The first-order chi connectivity index (χ1) is 18.7. The molecule has 11 nitrogen and oxygen atoms in total. The van der Waals surface area contributed by atoms with Crippen molar-refractivity contribution in [1.82, 2.24) is 29.4 Å². The van der Waals surface area contributed by atoms with Gasteiger partial charge in [-0.25, -0.2) is 32.3 Å². The van der Waals surface area contributed by atoms with Gasteiger partial charge in [-0.1, -0.05) is 17.7 Å². The van der Waals surface area contributed by atoms with Crippen molar-refractivity contribution in [1.29, 1.82) is 5.26 Å². The van der Waals surface area contributed by atoms with E-state index in [0.29, 0.717) is 28.5 Å². The number of alkyl halides is 1. The molecule has 1 aromatic carbocycles. The van der Waals surface area contributed by atoms with E-state index in [9.17, 15) is 8.42 Å². The van der Waals surface area contributed by atoms with Gasteiger partial charge in [-0.15, -0.1) is 0 Å². The van der Waals surface area contributed by atoms with Gasteiger partial charge >= 0.3 is 0 Å². The quantitative estimate of drug-likeness (QED) is 0.278. The highest BCUT2D eigenvalue weighted by Gasteiger charge is 2.35. The molecule has 0 radical (unpaired) electrons. The number of anilines is 1. The minimum atomic E-state index is -3.64. The predicted octanol–water partition coefficient (Wildman–Crippen LogP) is 3.71. The van der Waals surface area contributed by atoms with Gasteiger partial charge in [0.1, 0.15) is 6.17 Å². The summed E-state index contributed by atoms with van der Waals surface area (Å²) in [5.74, 6) is -0.0628. The number of benzene rings is 1. The predicted molar refractivity (Wildman–Crippen MR) is 146 cm³/mol. The summed E-state index contributed by atoms with van der Waals surface area (Å²) in [6, 6.07) is 6.85. The van der Waals surface area contributed by atoms with E-state index in [2.05, 4.69) is 30.5 Å². The van der Waals surface area contributed by atoms with Crippen LogP contribution in [-0.4, -0.2) is 70.6 Å². The van der Waals surface area contributed by atoms with Crippen LogP contribution in [0.15, 0.2) is 36.8 Å². The van der Waals surface area contributed by atoms with Gasteiger partial charge in [0.15, 0.2) is 0 Å².